The number of likely N-dealkylation sites (tertiary alicyclic amines) is 1. The lowest BCUT2D eigenvalue weighted by atomic mass is 9.99. The number of carboxylic acid groups (broad SMARTS) is 1. The summed E-state index contributed by atoms with van der Waals surface area (Å²) in [7, 11) is 0. The van der Waals surface area contributed by atoms with Crippen LogP contribution in [0.5, 0.6) is 0 Å². The van der Waals surface area contributed by atoms with Crippen molar-refractivity contribution in [2.75, 3.05) is 13.1 Å². The third-order valence-electron chi connectivity index (χ3n) is 3.79. The molecule has 0 spiro atoms. The maximum atomic E-state index is 11.5. The third kappa shape index (κ3) is 4.25. The SMILES string of the molecule is CC(C)NC(C)(CN1CCCCCC1C)C(=O)O. The van der Waals surface area contributed by atoms with Crippen LogP contribution in [0.2, 0.25) is 0 Å². The predicted molar refractivity (Wildman–Crippen MR) is 73.8 cm³/mol. The van der Waals surface area contributed by atoms with E-state index in [1.165, 1.54) is 25.7 Å². The van der Waals surface area contributed by atoms with Gasteiger partial charge in [-0.2, -0.15) is 0 Å². The summed E-state index contributed by atoms with van der Waals surface area (Å²) in [5.74, 6) is -0.757. The van der Waals surface area contributed by atoms with Crippen molar-refractivity contribution in [1.82, 2.24) is 10.2 Å². The summed E-state index contributed by atoms with van der Waals surface area (Å²) >= 11 is 0. The van der Waals surface area contributed by atoms with Gasteiger partial charge in [0.1, 0.15) is 5.54 Å². The summed E-state index contributed by atoms with van der Waals surface area (Å²) in [4.78, 5) is 13.9. The molecule has 0 bridgehead atoms. The average Bonchev–Trinajstić information content (AvgIpc) is 2.43. The van der Waals surface area contributed by atoms with E-state index in [0.717, 1.165) is 6.54 Å². The molecule has 0 amide bonds. The van der Waals surface area contributed by atoms with Gasteiger partial charge >= 0.3 is 5.97 Å². The van der Waals surface area contributed by atoms with E-state index in [4.69, 9.17) is 0 Å². The molecule has 1 saturated heterocycles. The van der Waals surface area contributed by atoms with E-state index in [2.05, 4.69) is 17.1 Å². The van der Waals surface area contributed by atoms with Crippen molar-refractivity contribution in [3.63, 3.8) is 0 Å². The first-order valence-electron chi connectivity index (χ1n) is 7.10. The molecule has 1 aliphatic rings. The number of carboxylic acids is 1. The molecule has 4 nitrogen and oxygen atoms in total. The first-order chi connectivity index (χ1) is 8.35. The quantitative estimate of drug-likeness (QED) is 0.791. The van der Waals surface area contributed by atoms with Gasteiger partial charge < -0.3 is 5.11 Å². The molecule has 0 aromatic heterocycles. The summed E-state index contributed by atoms with van der Waals surface area (Å²) in [6, 6.07) is 0.661. The number of hydrogen-bond donors (Lipinski definition) is 2. The summed E-state index contributed by atoms with van der Waals surface area (Å²) in [5, 5.41) is 12.7. The fourth-order valence-corrected chi connectivity index (χ4v) is 2.79. The summed E-state index contributed by atoms with van der Waals surface area (Å²) < 4.78 is 0. The summed E-state index contributed by atoms with van der Waals surface area (Å²) in [6.07, 6.45) is 4.89. The minimum absolute atomic E-state index is 0.174. The number of rotatable bonds is 5. The van der Waals surface area contributed by atoms with Gasteiger partial charge in [-0.05, 0) is 47.1 Å². The van der Waals surface area contributed by atoms with Crippen molar-refractivity contribution in [2.24, 2.45) is 0 Å². The van der Waals surface area contributed by atoms with Crippen LogP contribution in [0.15, 0.2) is 0 Å². The highest BCUT2D eigenvalue weighted by Gasteiger charge is 2.36. The van der Waals surface area contributed by atoms with Gasteiger partial charge in [-0.3, -0.25) is 15.0 Å². The maximum absolute atomic E-state index is 11.5. The Kier molecular flexibility index (Phi) is 5.60. The Morgan fingerprint density at radius 2 is 2.11 bits per heavy atom. The Balaban J connectivity index is 2.72. The number of aliphatic carboxylic acids is 1. The van der Waals surface area contributed by atoms with Gasteiger partial charge in [0.05, 0.1) is 0 Å². The van der Waals surface area contributed by atoms with Crippen LogP contribution in [-0.2, 0) is 4.79 Å². The molecule has 0 aromatic rings. The van der Waals surface area contributed by atoms with Crippen LogP contribution < -0.4 is 5.32 Å². The van der Waals surface area contributed by atoms with E-state index in [0.29, 0.717) is 12.6 Å². The highest BCUT2D eigenvalue weighted by molar-refractivity contribution is 5.78. The summed E-state index contributed by atoms with van der Waals surface area (Å²) in [5.41, 5.74) is -0.854. The maximum Gasteiger partial charge on any atom is 0.324 e. The van der Waals surface area contributed by atoms with Gasteiger partial charge in [0.25, 0.3) is 0 Å². The fourth-order valence-electron chi connectivity index (χ4n) is 2.79. The second-order valence-corrected chi connectivity index (χ2v) is 6.11. The predicted octanol–water partition coefficient (Wildman–Crippen LogP) is 2.09. The minimum Gasteiger partial charge on any atom is -0.480 e. The Labute approximate surface area is 111 Å². The standard InChI is InChI=1S/C14H28N2O2/c1-11(2)15-14(4,13(17)18)10-16-9-7-5-6-8-12(16)3/h11-12,15H,5-10H2,1-4H3,(H,17,18). The van der Waals surface area contributed by atoms with E-state index >= 15 is 0 Å². The first-order valence-corrected chi connectivity index (χ1v) is 7.10. The van der Waals surface area contributed by atoms with E-state index in [1.54, 1.807) is 6.92 Å². The zero-order valence-electron chi connectivity index (χ0n) is 12.2. The molecule has 4 heteroatoms. The van der Waals surface area contributed by atoms with E-state index < -0.39 is 11.5 Å². The topological polar surface area (TPSA) is 52.6 Å². The van der Waals surface area contributed by atoms with Gasteiger partial charge in [0.2, 0.25) is 0 Å². The second kappa shape index (κ2) is 6.53. The van der Waals surface area contributed by atoms with Gasteiger partial charge in [0, 0.05) is 18.6 Å². The zero-order valence-corrected chi connectivity index (χ0v) is 12.2. The molecule has 0 radical (unpaired) electrons. The largest absolute Gasteiger partial charge is 0.480 e. The highest BCUT2D eigenvalue weighted by Crippen LogP contribution is 2.19. The van der Waals surface area contributed by atoms with Crippen LogP contribution in [-0.4, -0.2) is 46.7 Å². The van der Waals surface area contributed by atoms with Crippen molar-refractivity contribution < 1.29 is 9.90 Å². The van der Waals surface area contributed by atoms with Crippen LogP contribution in [0.4, 0.5) is 0 Å². The van der Waals surface area contributed by atoms with Gasteiger partial charge in [-0.1, -0.05) is 12.8 Å². The molecule has 0 aromatic carbocycles. The van der Waals surface area contributed by atoms with Crippen molar-refractivity contribution in [3.05, 3.63) is 0 Å². The first kappa shape index (κ1) is 15.4. The van der Waals surface area contributed by atoms with Crippen LogP contribution >= 0.6 is 0 Å². The normalized spacial score (nSPS) is 25.7. The van der Waals surface area contributed by atoms with Gasteiger partial charge in [-0.25, -0.2) is 0 Å². The van der Waals surface area contributed by atoms with E-state index in [9.17, 15) is 9.90 Å². The molecule has 18 heavy (non-hydrogen) atoms. The Bertz CT molecular complexity index is 281. The minimum atomic E-state index is -0.854. The lowest BCUT2D eigenvalue weighted by Gasteiger charge is -2.36. The molecule has 1 fully saturated rings. The van der Waals surface area contributed by atoms with Crippen LogP contribution in [0.1, 0.15) is 53.4 Å². The Morgan fingerprint density at radius 3 is 2.67 bits per heavy atom. The molecule has 0 saturated carbocycles. The van der Waals surface area contributed by atoms with E-state index in [-0.39, 0.29) is 6.04 Å². The third-order valence-corrected chi connectivity index (χ3v) is 3.79. The molecule has 106 valence electrons. The van der Waals surface area contributed by atoms with Crippen LogP contribution in [0, 0.1) is 0 Å². The smallest absolute Gasteiger partial charge is 0.324 e. The molecule has 0 aliphatic carbocycles. The lowest BCUT2D eigenvalue weighted by molar-refractivity contribution is -0.145. The van der Waals surface area contributed by atoms with Crippen molar-refractivity contribution in [1.29, 1.82) is 0 Å². The number of carbonyl (C=O) groups is 1. The van der Waals surface area contributed by atoms with Gasteiger partial charge in [0.15, 0.2) is 0 Å². The highest BCUT2D eigenvalue weighted by atomic mass is 16.4. The molecule has 1 rings (SSSR count). The Hall–Kier alpha value is -0.610. The van der Waals surface area contributed by atoms with Crippen LogP contribution in [0.25, 0.3) is 0 Å². The molecule has 2 N–H and O–H groups in total. The molecule has 2 atom stereocenters. The average molecular weight is 256 g/mol. The summed E-state index contributed by atoms with van der Waals surface area (Å²) in [6.45, 7) is 9.60. The van der Waals surface area contributed by atoms with Crippen molar-refractivity contribution in [2.45, 2.75) is 71.0 Å². The molecule has 1 heterocycles. The second-order valence-electron chi connectivity index (χ2n) is 6.11. The lowest BCUT2D eigenvalue weighted by Crippen LogP contribution is -2.60. The monoisotopic (exact) mass is 256 g/mol. The fraction of sp³-hybridized carbons (Fsp3) is 0.929. The van der Waals surface area contributed by atoms with E-state index in [1.807, 2.05) is 13.8 Å². The van der Waals surface area contributed by atoms with Crippen LogP contribution in [0.3, 0.4) is 0 Å². The number of nitrogens with zero attached hydrogens (tertiary/aromatic N) is 1. The number of hydrogen-bond acceptors (Lipinski definition) is 3. The Morgan fingerprint density at radius 1 is 1.44 bits per heavy atom. The molecule has 2 unspecified atom stereocenters. The van der Waals surface area contributed by atoms with Crippen molar-refractivity contribution in [3.8, 4) is 0 Å². The molecular weight excluding hydrogens is 228 g/mol. The van der Waals surface area contributed by atoms with Crippen molar-refractivity contribution >= 4 is 5.97 Å². The molecule has 1 aliphatic heterocycles. The zero-order chi connectivity index (χ0) is 13.8. The van der Waals surface area contributed by atoms with Gasteiger partial charge in [-0.15, -0.1) is 0 Å². The molecular formula is C14H28N2O2. The number of nitrogens with one attached hydrogen (secondary N) is 1.